The van der Waals surface area contributed by atoms with Gasteiger partial charge in [-0.1, -0.05) is 0 Å². The molecule has 102 valence electrons. The lowest BCUT2D eigenvalue weighted by atomic mass is 10.6. The number of anilines is 1. The first-order valence-electron chi connectivity index (χ1n) is 5.26. The van der Waals surface area contributed by atoms with Crippen LogP contribution in [0, 0.1) is 0 Å². The molecule has 0 fully saturated rings. The highest BCUT2D eigenvalue weighted by molar-refractivity contribution is 7.92. The smallest absolute Gasteiger partial charge is 0.241 e. The number of carbonyl (C=O) groups excluding carboxylic acids is 1. The summed E-state index contributed by atoms with van der Waals surface area (Å²) in [5.41, 5.74) is 0.327. The molecule has 0 aliphatic heterocycles. The van der Waals surface area contributed by atoms with E-state index in [1.165, 1.54) is 24.1 Å². The molecule has 1 aromatic rings. The normalized spacial score (nSPS) is 11.2. The van der Waals surface area contributed by atoms with Gasteiger partial charge in [0.15, 0.2) is 0 Å². The number of nitrogens with zero attached hydrogens (tertiary/aromatic N) is 2. The van der Waals surface area contributed by atoms with Gasteiger partial charge in [0.25, 0.3) is 0 Å². The molecule has 0 aliphatic rings. The molecule has 1 rings (SSSR count). The Bertz CT molecular complexity index is 500. The highest BCUT2D eigenvalue weighted by Crippen LogP contribution is 2.08. The molecule has 0 aliphatic carbocycles. The number of hydrogen-bond donors (Lipinski definition) is 2. The quantitative estimate of drug-likeness (QED) is 0.692. The van der Waals surface area contributed by atoms with Crippen molar-refractivity contribution in [2.24, 2.45) is 0 Å². The third kappa shape index (κ3) is 4.92. The van der Waals surface area contributed by atoms with E-state index in [1.54, 1.807) is 0 Å². The van der Waals surface area contributed by atoms with Gasteiger partial charge in [0, 0.05) is 19.1 Å². The summed E-state index contributed by atoms with van der Waals surface area (Å²) in [6.45, 7) is 0.0416. The number of alkyl halides is 1. The molecule has 0 unspecified atom stereocenters. The molecule has 0 atom stereocenters. The summed E-state index contributed by atoms with van der Waals surface area (Å²) in [5, 5.41) is 6.32. The molecule has 7 nitrogen and oxygen atoms in total. The fraction of sp³-hybridized carbons (Fsp3) is 0.556. The van der Waals surface area contributed by atoms with Gasteiger partial charge in [-0.2, -0.15) is 5.10 Å². The molecular weight excluding hydrogens is 280 g/mol. The average molecular weight is 295 g/mol. The number of amides is 1. The standard InChI is InChI=1S/C9H15ClN4O3S/c1-11-9(15)7-14-6-8(5-12-14)13-18(16,17)4-2-3-10/h5-6,13H,2-4,7H2,1H3,(H,11,15). The second-order valence-electron chi connectivity index (χ2n) is 3.56. The minimum Gasteiger partial charge on any atom is -0.358 e. The first-order valence-corrected chi connectivity index (χ1v) is 7.45. The second kappa shape index (κ2) is 6.60. The van der Waals surface area contributed by atoms with Crippen LogP contribution in [-0.2, 0) is 21.4 Å². The second-order valence-corrected chi connectivity index (χ2v) is 5.78. The van der Waals surface area contributed by atoms with Crippen molar-refractivity contribution in [3.8, 4) is 0 Å². The predicted octanol–water partition coefficient (Wildman–Crippen LogP) is -0.000300. The van der Waals surface area contributed by atoms with Crippen LogP contribution < -0.4 is 10.0 Å². The third-order valence-corrected chi connectivity index (χ3v) is 3.68. The van der Waals surface area contributed by atoms with Crippen LogP contribution in [0.2, 0.25) is 0 Å². The van der Waals surface area contributed by atoms with Crippen molar-refractivity contribution in [1.29, 1.82) is 0 Å². The Hall–Kier alpha value is -1.28. The number of halogens is 1. The Morgan fingerprint density at radius 3 is 2.89 bits per heavy atom. The fourth-order valence-corrected chi connectivity index (χ4v) is 2.59. The molecule has 0 bridgehead atoms. The Balaban J connectivity index is 2.61. The maximum absolute atomic E-state index is 11.6. The van der Waals surface area contributed by atoms with E-state index in [-0.39, 0.29) is 24.1 Å². The van der Waals surface area contributed by atoms with Gasteiger partial charge in [0.2, 0.25) is 15.9 Å². The minimum atomic E-state index is -3.41. The molecule has 1 heterocycles. The van der Waals surface area contributed by atoms with Crippen molar-refractivity contribution in [3.05, 3.63) is 12.4 Å². The summed E-state index contributed by atoms with van der Waals surface area (Å²) in [6, 6.07) is 0. The van der Waals surface area contributed by atoms with E-state index in [2.05, 4.69) is 15.1 Å². The van der Waals surface area contributed by atoms with Crippen LogP contribution in [0.1, 0.15) is 6.42 Å². The maximum Gasteiger partial charge on any atom is 0.241 e. The fourth-order valence-electron chi connectivity index (χ4n) is 1.20. The van der Waals surface area contributed by atoms with Gasteiger partial charge in [-0.15, -0.1) is 11.6 Å². The summed E-state index contributed by atoms with van der Waals surface area (Å²) in [6.07, 6.45) is 3.18. The molecule has 0 spiro atoms. The lowest BCUT2D eigenvalue weighted by Crippen LogP contribution is -2.23. The lowest BCUT2D eigenvalue weighted by Gasteiger charge is -2.04. The topological polar surface area (TPSA) is 93.1 Å². The van der Waals surface area contributed by atoms with Crippen molar-refractivity contribution in [3.63, 3.8) is 0 Å². The van der Waals surface area contributed by atoms with Gasteiger partial charge in [-0.05, 0) is 6.42 Å². The largest absolute Gasteiger partial charge is 0.358 e. The highest BCUT2D eigenvalue weighted by atomic mass is 35.5. The van der Waals surface area contributed by atoms with Gasteiger partial charge >= 0.3 is 0 Å². The van der Waals surface area contributed by atoms with Crippen LogP contribution >= 0.6 is 11.6 Å². The first-order chi connectivity index (χ1) is 8.46. The number of likely N-dealkylation sites (N-methyl/N-ethyl adjacent to an activating group) is 1. The van der Waals surface area contributed by atoms with E-state index in [1.807, 2.05) is 0 Å². The molecule has 0 saturated heterocycles. The van der Waals surface area contributed by atoms with Crippen molar-refractivity contribution in [1.82, 2.24) is 15.1 Å². The molecular formula is C9H15ClN4O3S. The Kier molecular flexibility index (Phi) is 5.42. The first kappa shape index (κ1) is 14.8. The summed E-state index contributed by atoms with van der Waals surface area (Å²) >= 11 is 5.43. The van der Waals surface area contributed by atoms with Crippen LogP contribution in [0.25, 0.3) is 0 Å². The monoisotopic (exact) mass is 294 g/mol. The molecule has 0 radical (unpaired) electrons. The number of aromatic nitrogens is 2. The van der Waals surface area contributed by atoms with E-state index in [9.17, 15) is 13.2 Å². The van der Waals surface area contributed by atoms with Crippen LogP contribution in [0.4, 0.5) is 5.69 Å². The molecule has 0 saturated carbocycles. The van der Waals surface area contributed by atoms with Gasteiger partial charge in [-0.3, -0.25) is 14.2 Å². The lowest BCUT2D eigenvalue weighted by molar-refractivity contribution is -0.121. The van der Waals surface area contributed by atoms with Crippen molar-refractivity contribution in [2.45, 2.75) is 13.0 Å². The molecule has 0 aromatic carbocycles. The molecule has 1 aromatic heterocycles. The Morgan fingerprint density at radius 2 is 2.28 bits per heavy atom. The highest BCUT2D eigenvalue weighted by Gasteiger charge is 2.11. The van der Waals surface area contributed by atoms with E-state index in [0.717, 1.165) is 0 Å². The summed E-state index contributed by atoms with van der Waals surface area (Å²) in [5.74, 6) is 0.0307. The number of rotatable bonds is 7. The van der Waals surface area contributed by atoms with Gasteiger partial charge in [-0.25, -0.2) is 8.42 Å². The number of carbonyl (C=O) groups is 1. The summed E-state index contributed by atoms with van der Waals surface area (Å²) < 4.78 is 26.8. The Morgan fingerprint density at radius 1 is 1.56 bits per heavy atom. The van der Waals surface area contributed by atoms with E-state index in [0.29, 0.717) is 12.1 Å². The number of nitrogens with one attached hydrogen (secondary N) is 2. The van der Waals surface area contributed by atoms with E-state index < -0.39 is 10.0 Å². The van der Waals surface area contributed by atoms with Crippen molar-refractivity contribution >= 4 is 33.2 Å². The van der Waals surface area contributed by atoms with E-state index >= 15 is 0 Å². The van der Waals surface area contributed by atoms with E-state index in [4.69, 9.17) is 11.6 Å². The number of hydrogen-bond acceptors (Lipinski definition) is 4. The van der Waals surface area contributed by atoms with Gasteiger partial charge < -0.3 is 5.32 Å². The van der Waals surface area contributed by atoms with Crippen LogP contribution in [0.15, 0.2) is 12.4 Å². The summed E-state index contributed by atoms with van der Waals surface area (Å²) in [4.78, 5) is 11.1. The molecule has 2 N–H and O–H groups in total. The SMILES string of the molecule is CNC(=O)Cn1cc(NS(=O)(=O)CCCCl)cn1. The van der Waals surface area contributed by atoms with Gasteiger partial charge in [0.05, 0.1) is 17.6 Å². The third-order valence-electron chi connectivity index (χ3n) is 2.04. The zero-order valence-corrected chi connectivity index (χ0v) is 11.5. The van der Waals surface area contributed by atoms with Crippen LogP contribution in [-0.4, -0.2) is 42.8 Å². The maximum atomic E-state index is 11.6. The number of sulfonamides is 1. The molecule has 1 amide bonds. The molecule has 18 heavy (non-hydrogen) atoms. The van der Waals surface area contributed by atoms with Crippen LogP contribution in [0.5, 0.6) is 0 Å². The average Bonchev–Trinajstić information content (AvgIpc) is 2.73. The Labute approximate surface area is 111 Å². The van der Waals surface area contributed by atoms with Crippen molar-refractivity contribution < 1.29 is 13.2 Å². The zero-order chi connectivity index (χ0) is 13.6. The summed E-state index contributed by atoms with van der Waals surface area (Å²) in [7, 11) is -1.89. The minimum absolute atomic E-state index is 0.0416. The zero-order valence-electron chi connectivity index (χ0n) is 9.89. The predicted molar refractivity (Wildman–Crippen MR) is 69.0 cm³/mol. The van der Waals surface area contributed by atoms with Gasteiger partial charge in [0.1, 0.15) is 6.54 Å². The van der Waals surface area contributed by atoms with Crippen LogP contribution in [0.3, 0.4) is 0 Å². The molecule has 9 heteroatoms. The van der Waals surface area contributed by atoms with Crippen molar-refractivity contribution in [2.75, 3.05) is 23.4 Å².